The van der Waals surface area contributed by atoms with Gasteiger partial charge in [0.25, 0.3) is 5.69 Å². The number of ether oxygens (including phenoxy) is 3. The number of alkyl halides is 3. The molecular weight excluding hydrogens is 459 g/mol. The summed E-state index contributed by atoms with van der Waals surface area (Å²) in [5.41, 5.74) is -2.10. The van der Waals surface area contributed by atoms with Gasteiger partial charge in [0.15, 0.2) is 5.78 Å². The molecule has 32 heavy (non-hydrogen) atoms. The number of benzene rings is 2. The molecule has 8 nitrogen and oxygen atoms in total. The molecular formula is C20H17ClF3NO7. The number of carbonyl (C=O) groups excluding carboxylic acids is 2. The predicted octanol–water partition coefficient (Wildman–Crippen LogP) is 5.21. The monoisotopic (exact) mass is 475 g/mol. The molecule has 0 heterocycles. The van der Waals surface area contributed by atoms with E-state index in [-0.39, 0.29) is 29.5 Å². The first-order chi connectivity index (χ1) is 15.0. The topological polar surface area (TPSA) is 105 Å². The first-order valence-electron chi connectivity index (χ1n) is 9.12. The zero-order valence-electron chi connectivity index (χ0n) is 16.6. The molecule has 0 amide bonds. The third-order valence-corrected chi connectivity index (χ3v) is 4.26. The van der Waals surface area contributed by atoms with Gasteiger partial charge in [-0.3, -0.25) is 14.9 Å². The number of carbonyl (C=O) groups is 2. The molecule has 2 aromatic carbocycles. The Labute approximate surface area is 185 Å². The Balaban J connectivity index is 2.20. The lowest BCUT2D eigenvalue weighted by atomic mass is 10.1. The minimum absolute atomic E-state index is 0.00121. The zero-order chi connectivity index (χ0) is 23.9. The van der Waals surface area contributed by atoms with Crippen LogP contribution in [0.15, 0.2) is 36.4 Å². The van der Waals surface area contributed by atoms with E-state index in [1.165, 1.54) is 0 Å². The fraction of sp³-hybridized carbons (Fsp3) is 0.300. The second-order valence-electron chi connectivity index (χ2n) is 6.24. The maximum Gasteiger partial charge on any atom is 0.416 e. The smallest absolute Gasteiger partial charge is 0.416 e. The lowest BCUT2D eigenvalue weighted by Crippen LogP contribution is -2.16. The van der Waals surface area contributed by atoms with Gasteiger partial charge in [-0.2, -0.15) is 13.2 Å². The summed E-state index contributed by atoms with van der Waals surface area (Å²) < 4.78 is 53.5. The summed E-state index contributed by atoms with van der Waals surface area (Å²) in [5.74, 6) is -1.88. The summed E-state index contributed by atoms with van der Waals surface area (Å²) in [6.07, 6.45) is -4.61. The van der Waals surface area contributed by atoms with Crippen LogP contribution in [0.3, 0.4) is 0 Å². The first-order valence-corrected chi connectivity index (χ1v) is 9.50. The molecule has 2 rings (SSSR count). The van der Waals surface area contributed by atoms with Crippen LogP contribution < -0.4 is 4.74 Å². The summed E-state index contributed by atoms with van der Waals surface area (Å²) in [6.45, 7) is 1.69. The number of halogens is 4. The highest BCUT2D eigenvalue weighted by molar-refractivity contribution is 6.32. The molecule has 0 bridgehead atoms. The average Bonchev–Trinajstić information content (AvgIpc) is 2.72. The Morgan fingerprint density at radius 1 is 1.16 bits per heavy atom. The van der Waals surface area contributed by atoms with Gasteiger partial charge in [0.05, 0.1) is 22.1 Å². The molecule has 0 aromatic heterocycles. The fourth-order valence-corrected chi connectivity index (χ4v) is 2.63. The number of esters is 1. The highest BCUT2D eigenvalue weighted by atomic mass is 35.5. The second-order valence-corrected chi connectivity index (χ2v) is 6.65. The van der Waals surface area contributed by atoms with Crippen molar-refractivity contribution in [2.75, 3.05) is 19.8 Å². The van der Waals surface area contributed by atoms with Crippen LogP contribution in [0.1, 0.15) is 29.3 Å². The van der Waals surface area contributed by atoms with E-state index >= 15 is 0 Å². The Morgan fingerprint density at radius 2 is 1.88 bits per heavy atom. The SMILES string of the molecule is CCOCCC(=O)COC(=O)c1cc(Oc2ccc(C(F)(F)F)cc2Cl)ccc1[N+](=O)[O-]. The van der Waals surface area contributed by atoms with Crippen LogP contribution in [0.4, 0.5) is 18.9 Å². The minimum atomic E-state index is -4.60. The van der Waals surface area contributed by atoms with Gasteiger partial charge >= 0.3 is 12.1 Å². The van der Waals surface area contributed by atoms with Crippen molar-refractivity contribution in [2.24, 2.45) is 0 Å². The molecule has 172 valence electrons. The summed E-state index contributed by atoms with van der Waals surface area (Å²) in [6, 6.07) is 5.44. The van der Waals surface area contributed by atoms with E-state index in [9.17, 15) is 32.9 Å². The summed E-state index contributed by atoms with van der Waals surface area (Å²) in [7, 11) is 0. The lowest BCUT2D eigenvalue weighted by Gasteiger charge is -2.12. The maximum absolute atomic E-state index is 12.8. The van der Waals surface area contributed by atoms with Crippen molar-refractivity contribution in [1.82, 2.24) is 0 Å². The Hall–Kier alpha value is -3.18. The molecule has 0 N–H and O–H groups in total. The summed E-state index contributed by atoms with van der Waals surface area (Å²) in [5, 5.41) is 10.9. The first kappa shape index (κ1) is 25.1. The molecule has 2 aromatic rings. The van der Waals surface area contributed by atoms with Crippen LogP contribution in [0, 0.1) is 10.1 Å². The fourth-order valence-electron chi connectivity index (χ4n) is 2.41. The van der Waals surface area contributed by atoms with E-state index in [1.807, 2.05) is 0 Å². The molecule has 0 aliphatic carbocycles. The molecule has 0 radical (unpaired) electrons. The number of hydrogen-bond donors (Lipinski definition) is 0. The normalized spacial score (nSPS) is 11.2. The van der Waals surface area contributed by atoms with Gasteiger partial charge in [0.1, 0.15) is 23.7 Å². The third-order valence-electron chi connectivity index (χ3n) is 3.97. The highest BCUT2D eigenvalue weighted by Crippen LogP contribution is 2.37. The van der Waals surface area contributed by atoms with Crippen LogP contribution in [0.5, 0.6) is 11.5 Å². The van der Waals surface area contributed by atoms with Crippen LogP contribution >= 0.6 is 11.6 Å². The molecule has 0 fully saturated rings. The molecule has 0 aliphatic heterocycles. The van der Waals surface area contributed by atoms with Crippen LogP contribution in [-0.4, -0.2) is 36.5 Å². The van der Waals surface area contributed by atoms with E-state index < -0.39 is 46.3 Å². The predicted molar refractivity (Wildman–Crippen MR) is 106 cm³/mol. The largest absolute Gasteiger partial charge is 0.456 e. The van der Waals surface area contributed by atoms with Gasteiger partial charge in [-0.15, -0.1) is 0 Å². The van der Waals surface area contributed by atoms with Gasteiger partial charge in [0, 0.05) is 25.2 Å². The number of nitro groups is 1. The van der Waals surface area contributed by atoms with E-state index in [1.54, 1.807) is 6.92 Å². The van der Waals surface area contributed by atoms with Crippen molar-refractivity contribution in [3.63, 3.8) is 0 Å². The Kier molecular flexibility index (Phi) is 8.56. The van der Waals surface area contributed by atoms with Crippen LogP contribution in [0.25, 0.3) is 0 Å². The molecule has 0 atom stereocenters. The highest BCUT2D eigenvalue weighted by Gasteiger charge is 2.31. The number of ketones is 1. The standard InChI is InChI=1S/C20H17ClF3NO7/c1-2-30-8-7-13(26)11-31-19(27)15-10-14(4-5-17(15)25(28)29)32-18-6-3-12(9-16(18)21)20(22,23)24/h3-6,9-10H,2,7-8,11H2,1H3. The summed E-state index contributed by atoms with van der Waals surface area (Å²) in [4.78, 5) is 34.4. The van der Waals surface area contributed by atoms with Gasteiger partial charge in [-0.25, -0.2) is 4.79 Å². The molecule has 0 aliphatic rings. The molecule has 0 unspecified atom stereocenters. The lowest BCUT2D eigenvalue weighted by molar-refractivity contribution is -0.385. The second kappa shape index (κ2) is 10.9. The molecule has 0 spiro atoms. The van der Waals surface area contributed by atoms with Gasteiger partial charge in [-0.05, 0) is 31.2 Å². The van der Waals surface area contributed by atoms with Crippen molar-refractivity contribution in [2.45, 2.75) is 19.5 Å². The number of hydrogen-bond acceptors (Lipinski definition) is 7. The van der Waals surface area contributed by atoms with Gasteiger partial charge in [0.2, 0.25) is 0 Å². The molecule has 0 saturated carbocycles. The van der Waals surface area contributed by atoms with Crippen molar-refractivity contribution in [3.8, 4) is 11.5 Å². The van der Waals surface area contributed by atoms with E-state index in [0.717, 1.165) is 30.3 Å². The number of Topliss-reactive ketones (excluding diaryl/α,β-unsaturated/α-hetero) is 1. The van der Waals surface area contributed by atoms with E-state index in [2.05, 4.69) is 0 Å². The van der Waals surface area contributed by atoms with Crippen LogP contribution in [-0.2, 0) is 20.4 Å². The number of rotatable bonds is 10. The minimum Gasteiger partial charge on any atom is -0.456 e. The quantitative estimate of drug-likeness (QED) is 0.201. The van der Waals surface area contributed by atoms with Crippen LogP contribution in [0.2, 0.25) is 5.02 Å². The molecule has 0 saturated heterocycles. The van der Waals surface area contributed by atoms with Crippen molar-refractivity contribution in [3.05, 3.63) is 62.7 Å². The number of nitro benzene ring substituents is 1. The third kappa shape index (κ3) is 6.92. The van der Waals surface area contributed by atoms with E-state index in [0.29, 0.717) is 12.7 Å². The van der Waals surface area contributed by atoms with Crippen molar-refractivity contribution in [1.29, 1.82) is 0 Å². The van der Waals surface area contributed by atoms with E-state index in [4.69, 9.17) is 25.8 Å². The Bertz CT molecular complexity index is 1010. The Morgan fingerprint density at radius 3 is 2.47 bits per heavy atom. The molecule has 12 heteroatoms. The zero-order valence-corrected chi connectivity index (χ0v) is 17.4. The summed E-state index contributed by atoms with van der Waals surface area (Å²) >= 11 is 5.83. The van der Waals surface area contributed by atoms with Crippen molar-refractivity contribution >= 4 is 29.0 Å². The maximum atomic E-state index is 12.8. The van der Waals surface area contributed by atoms with Gasteiger partial charge < -0.3 is 14.2 Å². The number of nitrogens with zero attached hydrogens (tertiary/aromatic N) is 1. The average molecular weight is 476 g/mol. The van der Waals surface area contributed by atoms with Gasteiger partial charge in [-0.1, -0.05) is 11.6 Å². The van der Waals surface area contributed by atoms with Crippen molar-refractivity contribution < 1.29 is 41.9 Å².